The minimum Gasteiger partial charge on any atom is -0.465 e. The minimum atomic E-state index is -0.464. The van der Waals surface area contributed by atoms with Gasteiger partial charge in [0.1, 0.15) is 6.04 Å². The third-order valence-electron chi connectivity index (χ3n) is 3.10. The van der Waals surface area contributed by atoms with Crippen molar-refractivity contribution in [3.63, 3.8) is 0 Å². The number of ether oxygens (including phenoxy) is 1. The summed E-state index contributed by atoms with van der Waals surface area (Å²) >= 11 is 0. The van der Waals surface area contributed by atoms with Gasteiger partial charge in [-0.2, -0.15) is 0 Å². The van der Waals surface area contributed by atoms with E-state index in [0.29, 0.717) is 6.61 Å². The summed E-state index contributed by atoms with van der Waals surface area (Å²) in [6.45, 7) is 5.01. The van der Waals surface area contributed by atoms with Gasteiger partial charge in [-0.1, -0.05) is 31.2 Å². The number of rotatable bonds is 6. The first-order valence-electron chi connectivity index (χ1n) is 7.01. The van der Waals surface area contributed by atoms with Gasteiger partial charge in [0.15, 0.2) is 0 Å². The van der Waals surface area contributed by atoms with Crippen LogP contribution in [0.1, 0.15) is 31.9 Å². The molecule has 0 aliphatic carbocycles. The lowest BCUT2D eigenvalue weighted by molar-refractivity contribution is -0.145. The monoisotopic (exact) mass is 272 g/mol. The summed E-state index contributed by atoms with van der Waals surface area (Å²) in [5, 5.41) is 4.27. The normalized spacial score (nSPS) is 12.3. The van der Waals surface area contributed by atoms with Crippen LogP contribution in [0.5, 0.6) is 0 Å². The van der Waals surface area contributed by atoms with Crippen molar-refractivity contribution in [1.82, 2.24) is 10.3 Å². The van der Waals surface area contributed by atoms with E-state index in [4.69, 9.17) is 4.74 Å². The molecular weight excluding hydrogens is 252 g/mol. The van der Waals surface area contributed by atoms with Crippen LogP contribution in [0.4, 0.5) is 0 Å². The molecule has 0 radical (unpaired) electrons. The van der Waals surface area contributed by atoms with E-state index in [1.165, 1.54) is 0 Å². The molecule has 1 aromatic carbocycles. The Morgan fingerprint density at radius 1 is 1.30 bits per heavy atom. The van der Waals surface area contributed by atoms with Gasteiger partial charge in [0.05, 0.1) is 12.1 Å². The molecule has 106 valence electrons. The molecule has 0 spiro atoms. The molecule has 0 saturated heterocycles. The molecule has 1 atom stereocenters. The van der Waals surface area contributed by atoms with Crippen LogP contribution in [-0.4, -0.2) is 24.1 Å². The molecule has 1 N–H and O–H groups in total. The lowest BCUT2D eigenvalue weighted by Gasteiger charge is -2.18. The van der Waals surface area contributed by atoms with Crippen LogP contribution < -0.4 is 5.32 Å². The number of hydrogen-bond donors (Lipinski definition) is 1. The Balaban J connectivity index is 2.42. The van der Waals surface area contributed by atoms with Crippen molar-refractivity contribution in [2.45, 2.75) is 26.3 Å². The van der Waals surface area contributed by atoms with Crippen LogP contribution in [0, 0.1) is 0 Å². The summed E-state index contributed by atoms with van der Waals surface area (Å²) < 4.78 is 5.18. The second-order valence-corrected chi connectivity index (χ2v) is 4.56. The molecule has 20 heavy (non-hydrogen) atoms. The fraction of sp³-hybridized carbons (Fsp3) is 0.375. The van der Waals surface area contributed by atoms with Crippen molar-refractivity contribution in [1.29, 1.82) is 0 Å². The van der Waals surface area contributed by atoms with Crippen LogP contribution in [-0.2, 0) is 9.53 Å². The van der Waals surface area contributed by atoms with Crippen molar-refractivity contribution in [3.05, 3.63) is 42.1 Å². The van der Waals surface area contributed by atoms with E-state index in [2.05, 4.69) is 17.2 Å². The van der Waals surface area contributed by atoms with E-state index in [9.17, 15) is 4.79 Å². The zero-order valence-corrected chi connectivity index (χ0v) is 11.9. The Bertz CT molecular complexity index is 578. The number of nitrogens with one attached hydrogen (secondary N) is 1. The Hall–Kier alpha value is -1.94. The maximum atomic E-state index is 12.2. The lowest BCUT2D eigenvalue weighted by atomic mass is 10.0. The SMILES string of the molecule is CCCNC(C(=O)OCC)c1cccc2cccnc12. The highest BCUT2D eigenvalue weighted by molar-refractivity contribution is 5.88. The molecule has 0 bridgehead atoms. The van der Waals surface area contributed by atoms with E-state index in [1.54, 1.807) is 6.20 Å². The summed E-state index contributed by atoms with van der Waals surface area (Å²) in [6, 6.07) is 9.29. The third-order valence-corrected chi connectivity index (χ3v) is 3.10. The molecule has 0 saturated carbocycles. The molecule has 1 unspecified atom stereocenters. The quantitative estimate of drug-likeness (QED) is 0.822. The number of para-hydroxylation sites is 1. The molecule has 0 fully saturated rings. The molecule has 1 aromatic heterocycles. The maximum Gasteiger partial charge on any atom is 0.327 e. The van der Waals surface area contributed by atoms with Crippen LogP contribution in [0.3, 0.4) is 0 Å². The van der Waals surface area contributed by atoms with Gasteiger partial charge in [-0.3, -0.25) is 4.98 Å². The van der Waals surface area contributed by atoms with Gasteiger partial charge in [0.25, 0.3) is 0 Å². The van der Waals surface area contributed by atoms with Gasteiger partial charge < -0.3 is 10.1 Å². The summed E-state index contributed by atoms with van der Waals surface area (Å²) in [7, 11) is 0. The second-order valence-electron chi connectivity index (χ2n) is 4.56. The Morgan fingerprint density at radius 3 is 2.85 bits per heavy atom. The smallest absolute Gasteiger partial charge is 0.327 e. The van der Waals surface area contributed by atoms with Crippen LogP contribution in [0.15, 0.2) is 36.5 Å². The number of hydrogen-bond acceptors (Lipinski definition) is 4. The van der Waals surface area contributed by atoms with Crippen molar-refractivity contribution < 1.29 is 9.53 Å². The highest BCUT2D eigenvalue weighted by Gasteiger charge is 2.23. The number of carbonyl (C=O) groups is 1. The van der Waals surface area contributed by atoms with Crippen molar-refractivity contribution in [2.75, 3.05) is 13.2 Å². The van der Waals surface area contributed by atoms with Crippen molar-refractivity contribution in [2.24, 2.45) is 0 Å². The van der Waals surface area contributed by atoms with Crippen molar-refractivity contribution >= 4 is 16.9 Å². The largest absolute Gasteiger partial charge is 0.465 e. The molecule has 4 nitrogen and oxygen atoms in total. The number of esters is 1. The number of benzene rings is 1. The van der Waals surface area contributed by atoms with Gasteiger partial charge >= 0.3 is 5.97 Å². The maximum absolute atomic E-state index is 12.2. The fourth-order valence-electron chi connectivity index (χ4n) is 2.20. The summed E-state index contributed by atoms with van der Waals surface area (Å²) in [4.78, 5) is 16.6. The summed E-state index contributed by atoms with van der Waals surface area (Å²) in [5.74, 6) is -0.251. The average Bonchev–Trinajstić information content (AvgIpc) is 2.48. The first kappa shape index (κ1) is 14.5. The first-order chi connectivity index (χ1) is 9.77. The highest BCUT2D eigenvalue weighted by atomic mass is 16.5. The third kappa shape index (κ3) is 3.14. The molecule has 0 aliphatic heterocycles. The number of carbonyl (C=O) groups excluding carboxylic acids is 1. The van der Waals surface area contributed by atoms with E-state index >= 15 is 0 Å². The zero-order chi connectivity index (χ0) is 14.4. The highest BCUT2D eigenvalue weighted by Crippen LogP contribution is 2.23. The molecule has 1 heterocycles. The standard InChI is InChI=1S/C16H20N2O2/c1-3-10-17-15(16(19)20-4-2)13-9-5-7-12-8-6-11-18-14(12)13/h5-9,11,15,17H,3-4,10H2,1-2H3. The Kier molecular flexibility index (Phi) is 5.07. The Morgan fingerprint density at radius 2 is 2.10 bits per heavy atom. The molecule has 0 aliphatic rings. The fourth-order valence-corrected chi connectivity index (χ4v) is 2.20. The van der Waals surface area contributed by atoms with Gasteiger partial charge in [-0.15, -0.1) is 0 Å². The Labute approximate surface area is 119 Å². The predicted octanol–water partition coefficient (Wildman–Crippen LogP) is 2.84. The van der Waals surface area contributed by atoms with E-state index in [1.807, 2.05) is 37.3 Å². The van der Waals surface area contributed by atoms with Gasteiger partial charge in [-0.25, -0.2) is 4.79 Å². The van der Waals surface area contributed by atoms with Crippen LogP contribution in [0.2, 0.25) is 0 Å². The summed E-state index contributed by atoms with van der Waals surface area (Å²) in [5.41, 5.74) is 1.71. The van der Waals surface area contributed by atoms with Gasteiger partial charge in [0, 0.05) is 17.1 Å². The zero-order valence-electron chi connectivity index (χ0n) is 11.9. The number of aromatic nitrogens is 1. The minimum absolute atomic E-state index is 0.251. The van der Waals surface area contributed by atoms with E-state index < -0.39 is 6.04 Å². The van der Waals surface area contributed by atoms with Crippen LogP contribution >= 0.6 is 0 Å². The molecule has 2 rings (SSSR count). The van der Waals surface area contributed by atoms with E-state index in [-0.39, 0.29) is 5.97 Å². The lowest BCUT2D eigenvalue weighted by Crippen LogP contribution is -2.31. The second kappa shape index (κ2) is 7.01. The molecule has 0 amide bonds. The predicted molar refractivity (Wildman–Crippen MR) is 79.4 cm³/mol. The number of fused-ring (bicyclic) bond motifs is 1. The first-order valence-corrected chi connectivity index (χ1v) is 7.01. The molecule has 2 aromatic rings. The van der Waals surface area contributed by atoms with Crippen molar-refractivity contribution in [3.8, 4) is 0 Å². The van der Waals surface area contributed by atoms with Gasteiger partial charge in [0.2, 0.25) is 0 Å². The molecular formula is C16H20N2O2. The van der Waals surface area contributed by atoms with E-state index in [0.717, 1.165) is 29.4 Å². The number of nitrogens with zero attached hydrogens (tertiary/aromatic N) is 1. The summed E-state index contributed by atoms with van der Waals surface area (Å²) in [6.07, 6.45) is 2.70. The average molecular weight is 272 g/mol. The number of pyridine rings is 1. The van der Waals surface area contributed by atoms with Crippen LogP contribution in [0.25, 0.3) is 10.9 Å². The topological polar surface area (TPSA) is 51.2 Å². The molecule has 4 heteroatoms. The van der Waals surface area contributed by atoms with Gasteiger partial charge in [-0.05, 0) is 26.0 Å².